The molecule has 0 aliphatic heterocycles. The van der Waals surface area contributed by atoms with E-state index in [1.54, 1.807) is 0 Å². The van der Waals surface area contributed by atoms with Crippen LogP contribution >= 0.6 is 11.3 Å². The molecule has 0 N–H and O–H groups in total. The number of hydrogen-bond acceptors (Lipinski definition) is 3. The Morgan fingerprint density at radius 1 is 0.694 bits per heavy atom. The summed E-state index contributed by atoms with van der Waals surface area (Å²) in [6.07, 6.45) is 12.8. The number of fused-ring (bicyclic) bond motifs is 8. The van der Waals surface area contributed by atoms with Gasteiger partial charge < -0.3 is 4.57 Å². The number of allylic oxidation sites excluding steroid dienone is 5. The molecular formula is C45H33N3S. The van der Waals surface area contributed by atoms with Crippen LogP contribution in [0.25, 0.3) is 76.4 Å². The Kier molecular flexibility index (Phi) is 6.53. The van der Waals surface area contributed by atoms with E-state index in [0.717, 1.165) is 52.8 Å². The van der Waals surface area contributed by atoms with Gasteiger partial charge >= 0.3 is 0 Å². The Hall–Kier alpha value is -5.58. The molecule has 1 atom stereocenters. The molecular weight excluding hydrogens is 615 g/mol. The summed E-state index contributed by atoms with van der Waals surface area (Å²) >= 11 is 1.91. The van der Waals surface area contributed by atoms with Crippen LogP contribution in [0.4, 0.5) is 0 Å². The lowest BCUT2D eigenvalue weighted by atomic mass is 9.83. The number of benzene rings is 5. The van der Waals surface area contributed by atoms with E-state index in [-0.39, 0.29) is 0 Å². The molecule has 10 rings (SSSR count). The molecule has 2 aliphatic rings. The molecule has 2 aliphatic carbocycles. The van der Waals surface area contributed by atoms with Crippen molar-refractivity contribution in [3.63, 3.8) is 0 Å². The zero-order valence-electron chi connectivity index (χ0n) is 27.2. The number of rotatable bonds is 4. The van der Waals surface area contributed by atoms with Gasteiger partial charge in [0.2, 0.25) is 0 Å². The van der Waals surface area contributed by atoms with E-state index in [1.165, 1.54) is 59.2 Å². The zero-order valence-corrected chi connectivity index (χ0v) is 28.0. The topological polar surface area (TPSA) is 30.7 Å². The maximum Gasteiger partial charge on any atom is 0.160 e. The van der Waals surface area contributed by atoms with Crippen molar-refractivity contribution in [2.45, 2.75) is 32.1 Å². The zero-order chi connectivity index (χ0) is 32.5. The van der Waals surface area contributed by atoms with E-state index in [0.29, 0.717) is 5.92 Å². The summed E-state index contributed by atoms with van der Waals surface area (Å²) in [5.41, 5.74) is 12.1. The number of thiophene rings is 1. The summed E-state index contributed by atoms with van der Waals surface area (Å²) in [5.74, 6) is 1.10. The highest BCUT2D eigenvalue weighted by Crippen LogP contribution is 2.48. The predicted molar refractivity (Wildman–Crippen MR) is 208 cm³/mol. The van der Waals surface area contributed by atoms with Crippen LogP contribution in [0, 0.1) is 0 Å². The maximum absolute atomic E-state index is 5.15. The van der Waals surface area contributed by atoms with Crippen LogP contribution in [0.3, 0.4) is 0 Å². The van der Waals surface area contributed by atoms with Crippen molar-refractivity contribution in [1.29, 1.82) is 0 Å². The molecule has 0 saturated heterocycles. The highest BCUT2D eigenvalue weighted by molar-refractivity contribution is 7.26. The van der Waals surface area contributed by atoms with Crippen LogP contribution in [0.15, 0.2) is 145 Å². The van der Waals surface area contributed by atoms with Crippen LogP contribution in [0.5, 0.6) is 0 Å². The van der Waals surface area contributed by atoms with Crippen molar-refractivity contribution >= 4 is 59.4 Å². The van der Waals surface area contributed by atoms with E-state index in [9.17, 15) is 0 Å². The highest BCUT2D eigenvalue weighted by atomic mass is 32.1. The fourth-order valence-electron chi connectivity index (χ4n) is 7.99. The van der Waals surface area contributed by atoms with E-state index in [1.807, 2.05) is 23.5 Å². The third kappa shape index (κ3) is 4.55. The molecule has 1 unspecified atom stereocenters. The van der Waals surface area contributed by atoms with Gasteiger partial charge in [0.25, 0.3) is 0 Å². The Morgan fingerprint density at radius 3 is 2.31 bits per heavy atom. The molecule has 0 spiro atoms. The molecule has 8 aromatic rings. The van der Waals surface area contributed by atoms with Gasteiger partial charge in [-0.15, -0.1) is 11.3 Å². The normalized spacial score (nSPS) is 16.0. The van der Waals surface area contributed by atoms with Crippen LogP contribution in [0.2, 0.25) is 0 Å². The SMILES string of the molecule is CC1CC(C2=CCCC=C2)=Cc2c1n(-c1ccc(-c3nc(-c4ccccc4)c4ccccc4n3)cc1)c1c2ccc2c3ccccc3sc21. The number of para-hydroxylation sites is 1. The van der Waals surface area contributed by atoms with Gasteiger partial charge in [0.1, 0.15) is 0 Å². The van der Waals surface area contributed by atoms with Crippen molar-refractivity contribution in [1.82, 2.24) is 14.5 Å². The van der Waals surface area contributed by atoms with Crippen LogP contribution in [0.1, 0.15) is 43.4 Å². The summed E-state index contributed by atoms with van der Waals surface area (Å²) in [7, 11) is 0. The molecule has 234 valence electrons. The average Bonchev–Trinajstić information content (AvgIpc) is 3.72. The molecule has 5 aromatic carbocycles. The Bertz CT molecular complexity index is 2690. The van der Waals surface area contributed by atoms with Crippen molar-refractivity contribution in [3.8, 4) is 28.3 Å². The molecule has 0 bridgehead atoms. The minimum atomic E-state index is 0.361. The van der Waals surface area contributed by atoms with Gasteiger partial charge in [0, 0.05) is 60.2 Å². The van der Waals surface area contributed by atoms with Crippen molar-refractivity contribution in [2.24, 2.45) is 0 Å². The first-order valence-electron chi connectivity index (χ1n) is 17.2. The monoisotopic (exact) mass is 647 g/mol. The summed E-state index contributed by atoms with van der Waals surface area (Å²) in [6.45, 7) is 2.40. The Balaban J connectivity index is 1.18. The summed E-state index contributed by atoms with van der Waals surface area (Å²) < 4.78 is 5.24. The lowest BCUT2D eigenvalue weighted by molar-refractivity contribution is 0.705. The van der Waals surface area contributed by atoms with Crippen LogP contribution < -0.4 is 0 Å². The highest BCUT2D eigenvalue weighted by Gasteiger charge is 2.29. The molecule has 3 aromatic heterocycles. The third-order valence-electron chi connectivity index (χ3n) is 10.3. The standard InChI is InChI=1S/C45H33N3S/c1-28-26-32(29-12-4-2-5-13-29)27-38-35-24-25-36-34-16-9-11-19-40(34)49-44(36)43(35)48(42(28)38)33-22-20-31(21-23-33)45-46-39-18-10-8-17-37(39)41(47-45)30-14-6-3-7-15-30/h3-4,6-25,27-28H,2,5,26H2,1H3. The summed E-state index contributed by atoms with van der Waals surface area (Å²) in [4.78, 5) is 10.2. The molecule has 0 fully saturated rings. The van der Waals surface area contributed by atoms with Gasteiger partial charge in [-0.25, -0.2) is 9.97 Å². The number of aromatic nitrogens is 3. The molecule has 3 nitrogen and oxygen atoms in total. The molecule has 4 heteroatoms. The van der Waals surface area contributed by atoms with Crippen molar-refractivity contribution < 1.29 is 0 Å². The second-order valence-electron chi connectivity index (χ2n) is 13.3. The van der Waals surface area contributed by atoms with E-state index >= 15 is 0 Å². The molecule has 0 amide bonds. The van der Waals surface area contributed by atoms with Gasteiger partial charge in [-0.2, -0.15) is 0 Å². The van der Waals surface area contributed by atoms with E-state index in [4.69, 9.17) is 9.97 Å². The van der Waals surface area contributed by atoms with E-state index in [2.05, 4.69) is 139 Å². The van der Waals surface area contributed by atoms with Gasteiger partial charge in [-0.3, -0.25) is 0 Å². The van der Waals surface area contributed by atoms with Gasteiger partial charge in [0.05, 0.1) is 21.4 Å². The Morgan fingerprint density at radius 2 is 1.47 bits per heavy atom. The van der Waals surface area contributed by atoms with Crippen LogP contribution in [-0.2, 0) is 0 Å². The summed E-state index contributed by atoms with van der Waals surface area (Å²) in [6, 6.07) is 41.2. The predicted octanol–water partition coefficient (Wildman–Crippen LogP) is 12.4. The molecule has 0 radical (unpaired) electrons. The third-order valence-corrected chi connectivity index (χ3v) is 11.5. The van der Waals surface area contributed by atoms with E-state index < -0.39 is 0 Å². The molecule has 49 heavy (non-hydrogen) atoms. The fourth-order valence-corrected chi connectivity index (χ4v) is 9.23. The van der Waals surface area contributed by atoms with Crippen LogP contribution in [-0.4, -0.2) is 14.5 Å². The minimum absolute atomic E-state index is 0.361. The Labute approximate surface area is 289 Å². The smallest absolute Gasteiger partial charge is 0.160 e. The first kappa shape index (κ1) is 28.4. The second-order valence-corrected chi connectivity index (χ2v) is 14.4. The molecule has 3 heterocycles. The number of hydrogen-bond donors (Lipinski definition) is 0. The van der Waals surface area contributed by atoms with Crippen molar-refractivity contribution in [3.05, 3.63) is 156 Å². The summed E-state index contributed by atoms with van der Waals surface area (Å²) in [5, 5.41) is 5.05. The number of nitrogens with zero attached hydrogens (tertiary/aromatic N) is 3. The fraction of sp³-hybridized carbons (Fsp3) is 0.111. The lowest BCUT2D eigenvalue weighted by Gasteiger charge is -2.25. The van der Waals surface area contributed by atoms with Gasteiger partial charge in [-0.05, 0) is 72.9 Å². The lowest BCUT2D eigenvalue weighted by Crippen LogP contribution is -2.10. The van der Waals surface area contributed by atoms with Gasteiger partial charge in [-0.1, -0.05) is 104 Å². The first-order chi connectivity index (χ1) is 24.2. The maximum atomic E-state index is 5.15. The average molecular weight is 648 g/mol. The first-order valence-corrected chi connectivity index (χ1v) is 18.0. The minimum Gasteiger partial charge on any atom is -0.311 e. The molecule has 0 saturated carbocycles. The van der Waals surface area contributed by atoms with Crippen molar-refractivity contribution in [2.75, 3.05) is 0 Å². The quantitative estimate of drug-likeness (QED) is 0.190. The second kappa shape index (κ2) is 11.3. The van der Waals surface area contributed by atoms with Gasteiger partial charge in [0.15, 0.2) is 5.82 Å². The largest absolute Gasteiger partial charge is 0.311 e.